The summed E-state index contributed by atoms with van der Waals surface area (Å²) in [7, 11) is 1.41. The highest BCUT2D eigenvalue weighted by Gasteiger charge is 2.26. The second-order valence-electron chi connectivity index (χ2n) is 4.83. The fourth-order valence-corrected chi connectivity index (χ4v) is 2.68. The Bertz CT molecular complexity index is 467. The Balaban J connectivity index is 2.00. The molecule has 0 bridgehead atoms. The summed E-state index contributed by atoms with van der Waals surface area (Å²) in [5.41, 5.74) is 0.883. The Labute approximate surface area is 117 Å². The Morgan fingerprint density at radius 2 is 2.37 bits per heavy atom. The first-order valence-corrected chi connectivity index (χ1v) is 6.72. The fourth-order valence-electron chi connectivity index (χ4n) is 2.45. The summed E-state index contributed by atoms with van der Waals surface area (Å²) in [6.07, 6.45) is 1.82. The van der Waals surface area contributed by atoms with Crippen LogP contribution in [0.5, 0.6) is 0 Å². The van der Waals surface area contributed by atoms with E-state index in [0.717, 1.165) is 24.9 Å². The molecule has 5 heteroatoms. The van der Waals surface area contributed by atoms with Crippen LogP contribution in [0.1, 0.15) is 18.4 Å². The fraction of sp³-hybridized carbons (Fsp3) is 0.500. The van der Waals surface area contributed by atoms with Crippen molar-refractivity contribution in [3.05, 3.63) is 34.6 Å². The monoisotopic (exact) mass is 285 g/mol. The number of nitrogens with zero attached hydrogens (tertiary/aromatic N) is 1. The molecular weight excluding hydrogens is 269 g/mol. The van der Waals surface area contributed by atoms with E-state index >= 15 is 0 Å². The van der Waals surface area contributed by atoms with E-state index in [9.17, 15) is 9.18 Å². The topological polar surface area (TPSA) is 29.5 Å². The average Bonchev–Trinajstić information content (AvgIpc) is 2.41. The zero-order valence-corrected chi connectivity index (χ0v) is 11.6. The molecule has 0 amide bonds. The lowest BCUT2D eigenvalue weighted by molar-refractivity contribution is -0.147. The molecule has 1 aliphatic rings. The first-order valence-electron chi connectivity index (χ1n) is 6.34. The van der Waals surface area contributed by atoms with Crippen molar-refractivity contribution in [2.45, 2.75) is 19.4 Å². The highest BCUT2D eigenvalue weighted by atomic mass is 35.5. The van der Waals surface area contributed by atoms with Crippen LogP contribution in [0.25, 0.3) is 0 Å². The van der Waals surface area contributed by atoms with E-state index in [4.69, 9.17) is 16.3 Å². The van der Waals surface area contributed by atoms with Crippen LogP contribution >= 0.6 is 11.6 Å². The maximum atomic E-state index is 13.0. The smallest absolute Gasteiger partial charge is 0.309 e. The number of hydrogen-bond acceptors (Lipinski definition) is 3. The number of hydrogen-bond donors (Lipinski definition) is 0. The quantitative estimate of drug-likeness (QED) is 0.800. The van der Waals surface area contributed by atoms with Crippen LogP contribution in [0.3, 0.4) is 0 Å². The molecule has 0 aromatic heterocycles. The molecule has 2 rings (SSSR count). The Hall–Kier alpha value is -1.13. The molecule has 1 unspecified atom stereocenters. The van der Waals surface area contributed by atoms with Crippen molar-refractivity contribution in [1.29, 1.82) is 0 Å². The third-order valence-electron chi connectivity index (χ3n) is 3.45. The van der Waals surface area contributed by atoms with Crippen LogP contribution in [0, 0.1) is 11.7 Å². The molecule has 0 saturated carbocycles. The molecule has 1 aliphatic heterocycles. The van der Waals surface area contributed by atoms with Crippen LogP contribution in [0.15, 0.2) is 18.2 Å². The summed E-state index contributed by atoms with van der Waals surface area (Å²) in [6, 6.07) is 4.42. The van der Waals surface area contributed by atoms with Crippen molar-refractivity contribution in [2.75, 3.05) is 20.2 Å². The maximum Gasteiger partial charge on any atom is 0.309 e. The molecule has 19 heavy (non-hydrogen) atoms. The van der Waals surface area contributed by atoms with Gasteiger partial charge in [-0.15, -0.1) is 0 Å². The predicted octanol–water partition coefficient (Wildman–Crippen LogP) is 2.86. The van der Waals surface area contributed by atoms with Gasteiger partial charge in [-0.3, -0.25) is 9.69 Å². The van der Waals surface area contributed by atoms with Gasteiger partial charge in [-0.25, -0.2) is 4.39 Å². The highest BCUT2D eigenvalue weighted by Crippen LogP contribution is 2.23. The van der Waals surface area contributed by atoms with Crippen molar-refractivity contribution >= 4 is 17.6 Å². The average molecular weight is 286 g/mol. The molecular formula is C14H17ClFNO2. The molecule has 0 aliphatic carbocycles. The minimum Gasteiger partial charge on any atom is -0.469 e. The minimum absolute atomic E-state index is 0.0713. The van der Waals surface area contributed by atoms with Gasteiger partial charge >= 0.3 is 5.97 Å². The van der Waals surface area contributed by atoms with E-state index in [-0.39, 0.29) is 17.7 Å². The molecule has 1 fully saturated rings. The number of benzene rings is 1. The molecule has 1 atom stereocenters. The second-order valence-corrected chi connectivity index (χ2v) is 5.24. The Morgan fingerprint density at radius 1 is 1.58 bits per heavy atom. The van der Waals surface area contributed by atoms with E-state index in [0.29, 0.717) is 18.1 Å². The number of halogens is 2. The summed E-state index contributed by atoms with van der Waals surface area (Å²) in [4.78, 5) is 13.7. The van der Waals surface area contributed by atoms with E-state index in [1.807, 2.05) is 0 Å². The largest absolute Gasteiger partial charge is 0.469 e. The van der Waals surface area contributed by atoms with Gasteiger partial charge in [-0.2, -0.15) is 0 Å². The number of esters is 1. The normalized spacial score (nSPS) is 20.3. The first-order chi connectivity index (χ1) is 9.10. The lowest BCUT2D eigenvalue weighted by atomic mass is 9.98. The number of carbonyl (C=O) groups excluding carboxylic acids is 1. The summed E-state index contributed by atoms with van der Waals surface area (Å²) in [5.74, 6) is -0.562. The SMILES string of the molecule is COC(=O)C1CCCN(Cc2ccc(F)cc2Cl)C1. The zero-order valence-electron chi connectivity index (χ0n) is 10.9. The molecule has 0 radical (unpaired) electrons. The van der Waals surface area contributed by atoms with Gasteiger partial charge in [0.15, 0.2) is 0 Å². The first kappa shape index (κ1) is 14.3. The van der Waals surface area contributed by atoms with Gasteiger partial charge in [-0.1, -0.05) is 17.7 Å². The van der Waals surface area contributed by atoms with E-state index in [2.05, 4.69) is 4.90 Å². The number of piperidine rings is 1. The predicted molar refractivity (Wildman–Crippen MR) is 71.4 cm³/mol. The van der Waals surface area contributed by atoms with Gasteiger partial charge in [0.1, 0.15) is 5.82 Å². The number of rotatable bonds is 3. The minimum atomic E-state index is -0.333. The number of ether oxygens (including phenoxy) is 1. The van der Waals surface area contributed by atoms with Crippen LogP contribution in [-0.4, -0.2) is 31.1 Å². The van der Waals surface area contributed by atoms with Gasteiger partial charge in [0.25, 0.3) is 0 Å². The summed E-state index contributed by atoms with van der Waals surface area (Å²) < 4.78 is 17.8. The van der Waals surface area contributed by atoms with Crippen LogP contribution < -0.4 is 0 Å². The van der Waals surface area contributed by atoms with E-state index in [1.165, 1.54) is 19.2 Å². The summed E-state index contributed by atoms with van der Waals surface area (Å²) >= 11 is 6.02. The maximum absolute atomic E-state index is 13.0. The molecule has 1 aromatic rings. The van der Waals surface area contributed by atoms with Crippen molar-refractivity contribution < 1.29 is 13.9 Å². The highest BCUT2D eigenvalue weighted by molar-refractivity contribution is 6.31. The van der Waals surface area contributed by atoms with Gasteiger partial charge in [0.2, 0.25) is 0 Å². The Kier molecular flexibility index (Phi) is 4.77. The van der Waals surface area contributed by atoms with Crippen LogP contribution in [0.2, 0.25) is 5.02 Å². The van der Waals surface area contributed by atoms with Crippen molar-refractivity contribution in [3.63, 3.8) is 0 Å². The van der Waals surface area contributed by atoms with E-state index in [1.54, 1.807) is 6.07 Å². The third kappa shape index (κ3) is 3.67. The third-order valence-corrected chi connectivity index (χ3v) is 3.80. The summed E-state index contributed by atoms with van der Waals surface area (Å²) in [6.45, 7) is 2.22. The molecule has 1 aromatic carbocycles. The van der Waals surface area contributed by atoms with Crippen molar-refractivity contribution in [2.24, 2.45) is 5.92 Å². The molecule has 1 heterocycles. The number of carbonyl (C=O) groups is 1. The molecule has 0 spiro atoms. The lowest BCUT2D eigenvalue weighted by Gasteiger charge is -2.31. The van der Waals surface area contributed by atoms with Crippen molar-refractivity contribution in [3.8, 4) is 0 Å². The standard InChI is InChI=1S/C14H17ClFNO2/c1-19-14(18)11-3-2-6-17(9-11)8-10-4-5-12(16)7-13(10)15/h4-5,7,11H,2-3,6,8-9H2,1H3. The second kappa shape index (κ2) is 6.35. The van der Waals surface area contributed by atoms with Crippen molar-refractivity contribution in [1.82, 2.24) is 4.90 Å². The number of methoxy groups -OCH3 is 1. The number of likely N-dealkylation sites (tertiary alicyclic amines) is 1. The van der Waals surface area contributed by atoms with Gasteiger partial charge in [0, 0.05) is 18.1 Å². The van der Waals surface area contributed by atoms with E-state index < -0.39 is 0 Å². The van der Waals surface area contributed by atoms with Gasteiger partial charge < -0.3 is 4.74 Å². The van der Waals surface area contributed by atoms with Gasteiger partial charge in [0.05, 0.1) is 13.0 Å². The molecule has 3 nitrogen and oxygen atoms in total. The lowest BCUT2D eigenvalue weighted by Crippen LogP contribution is -2.38. The van der Waals surface area contributed by atoms with Gasteiger partial charge in [-0.05, 0) is 37.1 Å². The molecule has 1 saturated heterocycles. The van der Waals surface area contributed by atoms with Crippen LogP contribution in [-0.2, 0) is 16.1 Å². The Morgan fingerprint density at radius 3 is 3.05 bits per heavy atom. The van der Waals surface area contributed by atoms with Crippen LogP contribution in [0.4, 0.5) is 4.39 Å². The summed E-state index contributed by atoms with van der Waals surface area (Å²) in [5, 5.41) is 0.431. The molecule has 104 valence electrons. The zero-order chi connectivity index (χ0) is 13.8. The molecule has 0 N–H and O–H groups in total.